The van der Waals surface area contributed by atoms with Crippen LogP contribution in [0.4, 0.5) is 0 Å². The number of hydrogen-bond acceptors (Lipinski definition) is 7. The first-order valence-corrected chi connectivity index (χ1v) is 11.9. The Labute approximate surface area is 199 Å². The van der Waals surface area contributed by atoms with Crippen molar-refractivity contribution in [2.45, 2.75) is 32.7 Å². The molecule has 2 aromatic carbocycles. The van der Waals surface area contributed by atoms with Gasteiger partial charge in [-0.25, -0.2) is 0 Å². The predicted molar refractivity (Wildman–Crippen MR) is 127 cm³/mol. The number of nitrogens with zero attached hydrogens (tertiary/aromatic N) is 4. The van der Waals surface area contributed by atoms with Gasteiger partial charge in [0.1, 0.15) is 13.2 Å². The fourth-order valence-electron chi connectivity index (χ4n) is 4.39. The molecule has 178 valence electrons. The van der Waals surface area contributed by atoms with Gasteiger partial charge in [-0.05, 0) is 38.0 Å². The molecule has 1 amide bonds. The molecule has 1 unspecified atom stereocenters. The van der Waals surface area contributed by atoms with Crippen molar-refractivity contribution in [1.82, 2.24) is 19.9 Å². The average molecular weight is 463 g/mol. The zero-order chi connectivity index (χ0) is 23.5. The van der Waals surface area contributed by atoms with Gasteiger partial charge in [0.15, 0.2) is 11.5 Å². The Morgan fingerprint density at radius 3 is 2.50 bits per heavy atom. The van der Waals surface area contributed by atoms with Gasteiger partial charge >= 0.3 is 0 Å². The van der Waals surface area contributed by atoms with Crippen LogP contribution in [0.3, 0.4) is 0 Å². The minimum absolute atomic E-state index is 0.00154. The molecule has 0 aliphatic carbocycles. The third kappa shape index (κ3) is 4.92. The molecule has 0 radical (unpaired) electrons. The number of piperazine rings is 1. The van der Waals surface area contributed by atoms with Crippen LogP contribution < -0.4 is 9.47 Å². The Morgan fingerprint density at radius 2 is 1.74 bits per heavy atom. The number of aromatic nitrogens is 2. The first-order valence-electron chi connectivity index (χ1n) is 11.9. The summed E-state index contributed by atoms with van der Waals surface area (Å²) in [5, 5.41) is 4.16. The molecule has 8 nitrogen and oxygen atoms in total. The number of aryl methyl sites for hydroxylation is 2. The summed E-state index contributed by atoms with van der Waals surface area (Å²) in [6, 6.07) is 14.0. The zero-order valence-corrected chi connectivity index (χ0v) is 19.7. The van der Waals surface area contributed by atoms with E-state index < -0.39 is 0 Å². The van der Waals surface area contributed by atoms with E-state index in [1.54, 1.807) is 0 Å². The molecule has 1 saturated heterocycles. The van der Waals surface area contributed by atoms with Crippen LogP contribution >= 0.6 is 0 Å². The van der Waals surface area contributed by atoms with Crippen LogP contribution in [0.25, 0.3) is 11.4 Å². The lowest BCUT2D eigenvalue weighted by molar-refractivity contribution is -0.133. The summed E-state index contributed by atoms with van der Waals surface area (Å²) >= 11 is 0. The van der Waals surface area contributed by atoms with E-state index in [1.807, 2.05) is 47.4 Å². The normalized spacial score (nSPS) is 16.9. The molecule has 0 spiro atoms. The van der Waals surface area contributed by atoms with Crippen molar-refractivity contribution in [2.24, 2.45) is 0 Å². The highest BCUT2D eigenvalue weighted by Crippen LogP contribution is 2.31. The molecule has 2 aliphatic rings. The fourth-order valence-corrected chi connectivity index (χ4v) is 4.39. The van der Waals surface area contributed by atoms with E-state index in [4.69, 9.17) is 14.0 Å². The van der Waals surface area contributed by atoms with E-state index in [-0.39, 0.29) is 11.9 Å². The van der Waals surface area contributed by atoms with Crippen LogP contribution in [0, 0.1) is 6.92 Å². The van der Waals surface area contributed by atoms with Gasteiger partial charge in [0.25, 0.3) is 0 Å². The van der Waals surface area contributed by atoms with Gasteiger partial charge in [-0.3, -0.25) is 9.69 Å². The lowest BCUT2D eigenvalue weighted by Crippen LogP contribution is -2.49. The second-order valence-corrected chi connectivity index (χ2v) is 8.89. The van der Waals surface area contributed by atoms with E-state index in [2.05, 4.69) is 28.9 Å². The van der Waals surface area contributed by atoms with Crippen molar-refractivity contribution < 1.29 is 18.8 Å². The second-order valence-electron chi connectivity index (χ2n) is 8.89. The molecular weight excluding hydrogens is 432 g/mol. The van der Waals surface area contributed by atoms with Gasteiger partial charge in [0.05, 0.1) is 6.04 Å². The Balaban J connectivity index is 1.12. The smallest absolute Gasteiger partial charge is 0.244 e. The molecule has 8 heteroatoms. The number of benzene rings is 2. The SMILES string of the molecule is Cc1ccc(-c2noc(C(C)N3CCN(C(=O)CCc4ccc5c(c4)OCCO5)CC3)n2)cc1. The van der Waals surface area contributed by atoms with E-state index in [0.29, 0.717) is 50.9 Å². The molecule has 3 heterocycles. The summed E-state index contributed by atoms with van der Waals surface area (Å²) < 4.78 is 16.8. The van der Waals surface area contributed by atoms with Crippen LogP contribution in [-0.4, -0.2) is 65.2 Å². The number of ether oxygens (including phenoxy) is 2. The van der Waals surface area contributed by atoms with E-state index in [0.717, 1.165) is 35.7 Å². The highest BCUT2D eigenvalue weighted by atomic mass is 16.6. The maximum Gasteiger partial charge on any atom is 0.244 e. The van der Waals surface area contributed by atoms with Crippen molar-refractivity contribution in [2.75, 3.05) is 39.4 Å². The summed E-state index contributed by atoms with van der Waals surface area (Å²) in [7, 11) is 0. The van der Waals surface area contributed by atoms with E-state index in [1.165, 1.54) is 5.56 Å². The predicted octanol–water partition coefficient (Wildman–Crippen LogP) is 3.65. The summed E-state index contributed by atoms with van der Waals surface area (Å²) in [5.74, 6) is 2.94. The van der Waals surface area contributed by atoms with Crippen molar-refractivity contribution in [3.05, 3.63) is 59.5 Å². The average Bonchev–Trinajstić information content (AvgIpc) is 3.37. The molecule has 0 N–H and O–H groups in total. The molecule has 0 saturated carbocycles. The maximum atomic E-state index is 12.8. The number of amides is 1. The second kappa shape index (κ2) is 9.85. The Bertz CT molecular complexity index is 1140. The number of fused-ring (bicyclic) bond motifs is 1. The van der Waals surface area contributed by atoms with Gasteiger partial charge in [-0.15, -0.1) is 0 Å². The van der Waals surface area contributed by atoms with Gasteiger partial charge < -0.3 is 18.9 Å². The lowest BCUT2D eigenvalue weighted by Gasteiger charge is -2.36. The van der Waals surface area contributed by atoms with Crippen LogP contribution in [0.15, 0.2) is 47.0 Å². The van der Waals surface area contributed by atoms with Crippen LogP contribution in [0.5, 0.6) is 11.5 Å². The number of rotatable bonds is 6. The maximum absolute atomic E-state index is 12.8. The first-order chi connectivity index (χ1) is 16.6. The van der Waals surface area contributed by atoms with Gasteiger partial charge in [0.2, 0.25) is 17.6 Å². The van der Waals surface area contributed by atoms with Crippen LogP contribution in [0.2, 0.25) is 0 Å². The topological polar surface area (TPSA) is 80.9 Å². The van der Waals surface area contributed by atoms with Crippen molar-refractivity contribution in [3.8, 4) is 22.9 Å². The summed E-state index contributed by atoms with van der Waals surface area (Å²) in [6.45, 7) is 8.22. The van der Waals surface area contributed by atoms with Gasteiger partial charge in [0, 0.05) is 38.2 Å². The molecule has 1 fully saturated rings. The first kappa shape index (κ1) is 22.4. The molecular formula is C26H30N4O4. The lowest BCUT2D eigenvalue weighted by atomic mass is 10.1. The monoisotopic (exact) mass is 462 g/mol. The van der Waals surface area contributed by atoms with Gasteiger partial charge in [-0.2, -0.15) is 4.98 Å². The molecule has 2 aliphatic heterocycles. The third-order valence-corrected chi connectivity index (χ3v) is 6.56. The molecule has 5 rings (SSSR count). The number of carbonyl (C=O) groups is 1. The Hall–Kier alpha value is -3.39. The highest BCUT2D eigenvalue weighted by molar-refractivity contribution is 5.76. The van der Waals surface area contributed by atoms with Crippen molar-refractivity contribution in [1.29, 1.82) is 0 Å². The summed E-state index contributed by atoms with van der Waals surface area (Å²) in [4.78, 5) is 21.7. The fraction of sp³-hybridized carbons (Fsp3) is 0.423. The largest absolute Gasteiger partial charge is 0.486 e. The molecule has 3 aromatic rings. The summed E-state index contributed by atoms with van der Waals surface area (Å²) in [6.07, 6.45) is 1.18. The van der Waals surface area contributed by atoms with Gasteiger partial charge in [-0.1, -0.05) is 41.1 Å². The van der Waals surface area contributed by atoms with Crippen molar-refractivity contribution in [3.63, 3.8) is 0 Å². The molecule has 0 bridgehead atoms. The van der Waals surface area contributed by atoms with E-state index >= 15 is 0 Å². The highest BCUT2D eigenvalue weighted by Gasteiger charge is 2.27. The number of carbonyl (C=O) groups excluding carboxylic acids is 1. The van der Waals surface area contributed by atoms with Crippen molar-refractivity contribution >= 4 is 5.91 Å². The van der Waals surface area contributed by atoms with Crippen LogP contribution in [0.1, 0.15) is 36.4 Å². The minimum atomic E-state index is 0.00154. The standard InChI is InChI=1S/C26H30N4O4/c1-18-3-7-21(8-4-18)25-27-26(34-28-25)19(2)29-11-13-30(14-12-29)24(31)10-6-20-5-9-22-23(17-20)33-16-15-32-22/h3-5,7-9,17,19H,6,10-16H2,1-2H3. The molecule has 34 heavy (non-hydrogen) atoms. The minimum Gasteiger partial charge on any atom is -0.486 e. The van der Waals surface area contributed by atoms with Crippen LogP contribution in [-0.2, 0) is 11.2 Å². The molecule has 1 aromatic heterocycles. The number of hydrogen-bond donors (Lipinski definition) is 0. The quantitative estimate of drug-likeness (QED) is 0.553. The Morgan fingerprint density at radius 1 is 1.00 bits per heavy atom. The molecule has 1 atom stereocenters. The summed E-state index contributed by atoms with van der Waals surface area (Å²) in [5.41, 5.74) is 3.23. The Kier molecular flexibility index (Phi) is 6.49. The van der Waals surface area contributed by atoms with E-state index in [9.17, 15) is 4.79 Å². The zero-order valence-electron chi connectivity index (χ0n) is 19.7. The third-order valence-electron chi connectivity index (χ3n) is 6.56.